The monoisotopic (exact) mass is 248 g/mol. The summed E-state index contributed by atoms with van der Waals surface area (Å²) in [4.78, 5) is 14.7. The Labute approximate surface area is 104 Å². The summed E-state index contributed by atoms with van der Waals surface area (Å²) < 4.78 is 7.29. The molecule has 18 heavy (non-hydrogen) atoms. The number of rotatable bonds is 2. The summed E-state index contributed by atoms with van der Waals surface area (Å²) >= 11 is 0. The summed E-state index contributed by atoms with van der Waals surface area (Å²) in [7, 11) is 0. The minimum Gasteiger partial charge on any atom is -0.508 e. The van der Waals surface area contributed by atoms with Gasteiger partial charge >= 0.3 is 5.69 Å². The van der Waals surface area contributed by atoms with Crippen molar-refractivity contribution in [2.45, 2.75) is 31.9 Å². The van der Waals surface area contributed by atoms with Crippen LogP contribution in [0.2, 0.25) is 0 Å². The van der Waals surface area contributed by atoms with Gasteiger partial charge in [0.15, 0.2) is 0 Å². The summed E-state index contributed by atoms with van der Waals surface area (Å²) in [5, 5.41) is 9.51. The molecule has 3 rings (SSSR count). The second-order valence-electron chi connectivity index (χ2n) is 4.73. The van der Waals surface area contributed by atoms with Gasteiger partial charge in [-0.25, -0.2) is 4.79 Å². The Kier molecular flexibility index (Phi) is 2.83. The molecular formula is C13H16N2O3. The topological polar surface area (TPSA) is 67.2 Å². The third-order valence-corrected chi connectivity index (χ3v) is 3.42. The first-order chi connectivity index (χ1) is 8.74. The number of H-pyrrole nitrogens is 1. The van der Waals surface area contributed by atoms with Gasteiger partial charge in [-0.3, -0.25) is 4.57 Å². The van der Waals surface area contributed by atoms with Crippen LogP contribution in [0.3, 0.4) is 0 Å². The van der Waals surface area contributed by atoms with Crippen LogP contribution in [-0.4, -0.2) is 27.4 Å². The maximum atomic E-state index is 11.9. The summed E-state index contributed by atoms with van der Waals surface area (Å²) in [6.07, 6.45) is 3.32. The highest BCUT2D eigenvalue weighted by Crippen LogP contribution is 2.19. The maximum absolute atomic E-state index is 11.9. The number of nitrogens with zero attached hydrogens (tertiary/aromatic N) is 1. The van der Waals surface area contributed by atoms with Crippen LogP contribution < -0.4 is 5.69 Å². The van der Waals surface area contributed by atoms with Crippen LogP contribution in [0.25, 0.3) is 11.0 Å². The molecule has 1 aromatic carbocycles. The average Bonchev–Trinajstić information content (AvgIpc) is 2.67. The number of fused-ring (bicyclic) bond motifs is 1. The number of ether oxygens (including phenoxy) is 1. The van der Waals surface area contributed by atoms with Gasteiger partial charge < -0.3 is 14.8 Å². The summed E-state index contributed by atoms with van der Waals surface area (Å²) in [6.45, 7) is 1.31. The molecule has 0 radical (unpaired) electrons. The maximum Gasteiger partial charge on any atom is 0.326 e. The number of imidazole rings is 1. The third-order valence-electron chi connectivity index (χ3n) is 3.42. The molecule has 2 heterocycles. The molecular weight excluding hydrogens is 232 g/mol. The molecule has 1 atom stereocenters. The van der Waals surface area contributed by atoms with Crippen molar-refractivity contribution in [3.8, 4) is 5.75 Å². The molecule has 1 unspecified atom stereocenters. The Balaban J connectivity index is 1.97. The Bertz CT molecular complexity index is 608. The fraction of sp³-hybridized carbons (Fsp3) is 0.462. The van der Waals surface area contributed by atoms with Gasteiger partial charge in [-0.2, -0.15) is 0 Å². The summed E-state index contributed by atoms with van der Waals surface area (Å²) in [6, 6.07) is 4.89. The molecule has 0 amide bonds. The minimum absolute atomic E-state index is 0.0952. The standard InChI is InChI=1S/C13H16N2O3/c16-9-4-5-11-12(7-9)15(13(17)14-11)8-10-3-1-2-6-18-10/h4-5,7,10,16H,1-3,6,8H2,(H,14,17). The molecule has 0 bridgehead atoms. The molecule has 1 aliphatic rings. The number of hydrogen-bond donors (Lipinski definition) is 2. The van der Waals surface area contributed by atoms with Gasteiger partial charge in [0.25, 0.3) is 0 Å². The van der Waals surface area contributed by atoms with E-state index in [1.165, 1.54) is 0 Å². The van der Waals surface area contributed by atoms with Crippen LogP contribution in [-0.2, 0) is 11.3 Å². The van der Waals surface area contributed by atoms with Gasteiger partial charge in [0.2, 0.25) is 0 Å². The van der Waals surface area contributed by atoms with Crippen molar-refractivity contribution in [2.24, 2.45) is 0 Å². The Morgan fingerprint density at radius 3 is 3.11 bits per heavy atom. The quantitative estimate of drug-likeness (QED) is 0.848. The Hall–Kier alpha value is -1.75. The number of aromatic hydroxyl groups is 1. The molecule has 2 N–H and O–H groups in total. The second kappa shape index (κ2) is 4.49. The minimum atomic E-state index is -0.148. The van der Waals surface area contributed by atoms with E-state index < -0.39 is 0 Å². The molecule has 0 saturated carbocycles. The van der Waals surface area contributed by atoms with Gasteiger partial charge in [-0.05, 0) is 31.4 Å². The van der Waals surface area contributed by atoms with Gasteiger partial charge in [-0.15, -0.1) is 0 Å². The number of phenols is 1. The molecule has 5 heteroatoms. The van der Waals surface area contributed by atoms with E-state index in [0.29, 0.717) is 6.54 Å². The van der Waals surface area contributed by atoms with Crippen molar-refractivity contribution in [2.75, 3.05) is 6.61 Å². The largest absolute Gasteiger partial charge is 0.508 e. The highest BCUT2D eigenvalue weighted by molar-refractivity contribution is 5.76. The number of aromatic amines is 1. The van der Waals surface area contributed by atoms with E-state index in [0.717, 1.165) is 36.9 Å². The molecule has 5 nitrogen and oxygen atoms in total. The van der Waals surface area contributed by atoms with Crippen LogP contribution in [0.5, 0.6) is 5.75 Å². The van der Waals surface area contributed by atoms with E-state index in [4.69, 9.17) is 4.74 Å². The lowest BCUT2D eigenvalue weighted by atomic mass is 10.1. The fourth-order valence-electron chi connectivity index (χ4n) is 2.48. The van der Waals surface area contributed by atoms with Crippen molar-refractivity contribution >= 4 is 11.0 Å². The van der Waals surface area contributed by atoms with Crippen LogP contribution in [0.1, 0.15) is 19.3 Å². The van der Waals surface area contributed by atoms with E-state index in [1.807, 2.05) is 0 Å². The van der Waals surface area contributed by atoms with Crippen molar-refractivity contribution in [3.05, 3.63) is 28.7 Å². The molecule has 0 aliphatic carbocycles. The van der Waals surface area contributed by atoms with E-state index in [-0.39, 0.29) is 17.5 Å². The predicted molar refractivity (Wildman–Crippen MR) is 67.8 cm³/mol. The highest BCUT2D eigenvalue weighted by atomic mass is 16.5. The SMILES string of the molecule is O=c1[nH]c2ccc(O)cc2n1CC1CCCCO1. The fourth-order valence-corrected chi connectivity index (χ4v) is 2.48. The molecule has 1 aliphatic heterocycles. The third kappa shape index (κ3) is 2.01. The molecule has 1 aromatic heterocycles. The van der Waals surface area contributed by atoms with Crippen molar-refractivity contribution in [1.82, 2.24) is 9.55 Å². The van der Waals surface area contributed by atoms with Gasteiger partial charge in [0.05, 0.1) is 23.7 Å². The van der Waals surface area contributed by atoms with Crippen molar-refractivity contribution in [3.63, 3.8) is 0 Å². The molecule has 96 valence electrons. The first-order valence-corrected chi connectivity index (χ1v) is 6.27. The molecule has 0 spiro atoms. The highest BCUT2D eigenvalue weighted by Gasteiger charge is 2.17. The zero-order valence-electron chi connectivity index (χ0n) is 10.1. The summed E-state index contributed by atoms with van der Waals surface area (Å²) in [5.41, 5.74) is 1.33. The number of aromatic nitrogens is 2. The van der Waals surface area contributed by atoms with Gasteiger partial charge in [-0.1, -0.05) is 0 Å². The Morgan fingerprint density at radius 2 is 2.33 bits per heavy atom. The van der Waals surface area contributed by atoms with Crippen LogP contribution in [0, 0.1) is 0 Å². The number of nitrogens with one attached hydrogen (secondary N) is 1. The van der Waals surface area contributed by atoms with Gasteiger partial charge in [0.1, 0.15) is 5.75 Å². The first-order valence-electron chi connectivity index (χ1n) is 6.27. The van der Waals surface area contributed by atoms with Crippen LogP contribution in [0.4, 0.5) is 0 Å². The predicted octanol–water partition coefficient (Wildman–Crippen LogP) is 1.60. The lowest BCUT2D eigenvalue weighted by molar-refractivity contribution is 0.00613. The Morgan fingerprint density at radius 1 is 1.44 bits per heavy atom. The smallest absolute Gasteiger partial charge is 0.326 e. The van der Waals surface area contributed by atoms with E-state index in [9.17, 15) is 9.90 Å². The molecule has 2 aromatic rings. The van der Waals surface area contributed by atoms with E-state index >= 15 is 0 Å². The normalized spacial score (nSPS) is 20.3. The second-order valence-corrected chi connectivity index (χ2v) is 4.73. The van der Waals surface area contributed by atoms with Crippen LogP contribution >= 0.6 is 0 Å². The lowest BCUT2D eigenvalue weighted by Crippen LogP contribution is -2.29. The van der Waals surface area contributed by atoms with Crippen molar-refractivity contribution < 1.29 is 9.84 Å². The van der Waals surface area contributed by atoms with Crippen LogP contribution in [0.15, 0.2) is 23.0 Å². The first kappa shape index (κ1) is 11.3. The summed E-state index contributed by atoms with van der Waals surface area (Å²) in [5.74, 6) is 0.166. The zero-order chi connectivity index (χ0) is 12.5. The number of benzene rings is 1. The van der Waals surface area contributed by atoms with Crippen molar-refractivity contribution in [1.29, 1.82) is 0 Å². The molecule has 1 fully saturated rings. The van der Waals surface area contributed by atoms with E-state index in [2.05, 4.69) is 4.98 Å². The average molecular weight is 248 g/mol. The zero-order valence-corrected chi connectivity index (χ0v) is 10.1. The molecule has 1 saturated heterocycles. The number of hydrogen-bond acceptors (Lipinski definition) is 3. The number of phenolic OH excluding ortho intramolecular Hbond substituents is 1. The van der Waals surface area contributed by atoms with Gasteiger partial charge in [0, 0.05) is 12.7 Å². The van der Waals surface area contributed by atoms with E-state index in [1.54, 1.807) is 22.8 Å². The lowest BCUT2D eigenvalue weighted by Gasteiger charge is -2.22.